The van der Waals surface area contributed by atoms with E-state index in [0.29, 0.717) is 5.56 Å². The molecule has 0 aromatic heterocycles. The minimum atomic E-state index is -0.873. The first kappa shape index (κ1) is 14.5. The summed E-state index contributed by atoms with van der Waals surface area (Å²) in [4.78, 5) is 25.2. The Hall–Kier alpha value is -1.95. The van der Waals surface area contributed by atoms with Gasteiger partial charge in [-0.3, -0.25) is 4.79 Å². The number of benzene rings is 1. The minimum absolute atomic E-state index is 0.00795. The van der Waals surface area contributed by atoms with Crippen LogP contribution in [0.25, 0.3) is 0 Å². The number of esters is 1. The van der Waals surface area contributed by atoms with Crippen molar-refractivity contribution in [1.29, 1.82) is 0 Å². The van der Waals surface area contributed by atoms with Crippen LogP contribution in [0.2, 0.25) is 0 Å². The number of hydrogen-bond donors (Lipinski definition) is 1. The zero-order valence-electron chi connectivity index (χ0n) is 11.3. The number of methoxy groups -OCH3 is 1. The molecule has 2 rings (SSSR count). The van der Waals surface area contributed by atoms with E-state index in [4.69, 9.17) is 0 Å². The van der Waals surface area contributed by atoms with Crippen LogP contribution in [-0.4, -0.2) is 47.7 Å². The molecule has 2 unspecified atom stereocenters. The molecular formula is C14H16FNO4. The maximum absolute atomic E-state index is 14.0. The first-order valence-electron chi connectivity index (χ1n) is 6.27. The van der Waals surface area contributed by atoms with Crippen molar-refractivity contribution in [3.63, 3.8) is 0 Å². The highest BCUT2D eigenvalue weighted by atomic mass is 19.1. The average Bonchev–Trinajstić information content (AvgIpc) is 2.82. The smallest absolute Gasteiger partial charge is 0.328 e. The maximum Gasteiger partial charge on any atom is 0.328 e. The van der Waals surface area contributed by atoms with E-state index in [2.05, 4.69) is 4.74 Å². The number of nitrogens with zero attached hydrogens (tertiary/aromatic N) is 1. The Morgan fingerprint density at radius 2 is 2.15 bits per heavy atom. The third kappa shape index (κ3) is 2.51. The lowest BCUT2D eigenvalue weighted by molar-refractivity contribution is -0.145. The Kier molecular flexibility index (Phi) is 4.04. The molecule has 1 heterocycles. The monoisotopic (exact) mass is 281 g/mol. The SMILES string of the molecule is COC(=O)C1CC(O)CN1C(=O)c1cccc(C)c1F. The van der Waals surface area contributed by atoms with E-state index in [1.807, 2.05) is 0 Å². The van der Waals surface area contributed by atoms with Crippen molar-refractivity contribution in [2.24, 2.45) is 0 Å². The molecule has 1 amide bonds. The summed E-state index contributed by atoms with van der Waals surface area (Å²) in [5, 5.41) is 9.64. The van der Waals surface area contributed by atoms with Gasteiger partial charge in [-0.25, -0.2) is 9.18 Å². The summed E-state index contributed by atoms with van der Waals surface area (Å²) in [7, 11) is 1.21. The van der Waals surface area contributed by atoms with Crippen LogP contribution in [0.3, 0.4) is 0 Å². The molecule has 1 N–H and O–H groups in total. The summed E-state index contributed by atoms with van der Waals surface area (Å²) in [5.41, 5.74) is 0.248. The summed E-state index contributed by atoms with van der Waals surface area (Å²) in [6, 6.07) is 3.62. The van der Waals surface area contributed by atoms with Gasteiger partial charge in [0.25, 0.3) is 5.91 Å². The van der Waals surface area contributed by atoms with Gasteiger partial charge in [0.15, 0.2) is 0 Å². The lowest BCUT2D eigenvalue weighted by atomic mass is 10.1. The van der Waals surface area contributed by atoms with E-state index in [0.717, 1.165) is 4.90 Å². The summed E-state index contributed by atoms with van der Waals surface area (Å²) in [5.74, 6) is -1.83. The molecule has 1 aliphatic rings. The fourth-order valence-corrected chi connectivity index (χ4v) is 2.37. The molecule has 6 heteroatoms. The van der Waals surface area contributed by atoms with Crippen LogP contribution in [0.1, 0.15) is 22.3 Å². The predicted molar refractivity (Wildman–Crippen MR) is 68.6 cm³/mol. The Morgan fingerprint density at radius 3 is 2.80 bits per heavy atom. The minimum Gasteiger partial charge on any atom is -0.467 e. The van der Waals surface area contributed by atoms with E-state index in [1.165, 1.54) is 13.2 Å². The van der Waals surface area contributed by atoms with Crippen LogP contribution >= 0.6 is 0 Å². The number of rotatable bonds is 2. The van der Waals surface area contributed by atoms with Crippen molar-refractivity contribution < 1.29 is 23.8 Å². The van der Waals surface area contributed by atoms with E-state index < -0.39 is 29.8 Å². The quantitative estimate of drug-likeness (QED) is 0.817. The van der Waals surface area contributed by atoms with Gasteiger partial charge in [0, 0.05) is 13.0 Å². The zero-order valence-corrected chi connectivity index (χ0v) is 11.3. The highest BCUT2D eigenvalue weighted by molar-refractivity contribution is 5.97. The number of hydrogen-bond acceptors (Lipinski definition) is 4. The van der Waals surface area contributed by atoms with Crippen LogP contribution in [0.5, 0.6) is 0 Å². The number of aliphatic hydroxyl groups excluding tert-OH is 1. The number of carbonyl (C=O) groups excluding carboxylic acids is 2. The Balaban J connectivity index is 2.31. The molecule has 1 saturated heterocycles. The second kappa shape index (κ2) is 5.58. The largest absolute Gasteiger partial charge is 0.467 e. The van der Waals surface area contributed by atoms with Gasteiger partial charge >= 0.3 is 5.97 Å². The Bertz CT molecular complexity index is 546. The van der Waals surface area contributed by atoms with Crippen molar-refractivity contribution in [3.8, 4) is 0 Å². The van der Waals surface area contributed by atoms with Gasteiger partial charge in [-0.05, 0) is 18.6 Å². The molecule has 0 spiro atoms. The molecule has 5 nitrogen and oxygen atoms in total. The third-order valence-electron chi connectivity index (χ3n) is 3.44. The molecule has 108 valence electrons. The number of β-amino-alcohol motifs (C(OH)–C–C–N with tert-alkyl or cyclic N) is 1. The van der Waals surface area contributed by atoms with Gasteiger partial charge < -0.3 is 14.7 Å². The van der Waals surface area contributed by atoms with Gasteiger partial charge in [-0.15, -0.1) is 0 Å². The van der Waals surface area contributed by atoms with Crippen molar-refractivity contribution in [2.45, 2.75) is 25.5 Å². The molecule has 1 aromatic rings. The molecule has 1 aliphatic heterocycles. The number of carbonyl (C=O) groups is 2. The van der Waals surface area contributed by atoms with Crippen LogP contribution in [-0.2, 0) is 9.53 Å². The van der Waals surface area contributed by atoms with E-state index >= 15 is 0 Å². The summed E-state index contributed by atoms with van der Waals surface area (Å²) in [6.07, 6.45) is -0.706. The topological polar surface area (TPSA) is 66.8 Å². The molecule has 0 radical (unpaired) electrons. The molecule has 1 fully saturated rings. The molecule has 1 aromatic carbocycles. The highest BCUT2D eigenvalue weighted by Gasteiger charge is 2.40. The molecule has 0 bridgehead atoms. The summed E-state index contributed by atoms with van der Waals surface area (Å²) < 4.78 is 18.6. The number of likely N-dealkylation sites (tertiary alicyclic amines) is 1. The number of amides is 1. The number of aryl methyl sites for hydroxylation is 1. The number of ether oxygens (including phenoxy) is 1. The lowest BCUT2D eigenvalue weighted by Gasteiger charge is -2.22. The van der Waals surface area contributed by atoms with Crippen molar-refractivity contribution in [1.82, 2.24) is 4.90 Å². The van der Waals surface area contributed by atoms with Gasteiger partial charge in [0.2, 0.25) is 0 Å². The first-order chi connectivity index (χ1) is 9.45. The lowest BCUT2D eigenvalue weighted by Crippen LogP contribution is -2.41. The van der Waals surface area contributed by atoms with E-state index in [-0.39, 0.29) is 18.5 Å². The fraction of sp³-hybridized carbons (Fsp3) is 0.429. The van der Waals surface area contributed by atoms with Crippen LogP contribution < -0.4 is 0 Å². The van der Waals surface area contributed by atoms with Gasteiger partial charge in [0.05, 0.1) is 18.8 Å². The van der Waals surface area contributed by atoms with E-state index in [9.17, 15) is 19.1 Å². The van der Waals surface area contributed by atoms with E-state index in [1.54, 1.807) is 19.1 Å². The molecular weight excluding hydrogens is 265 g/mol. The van der Waals surface area contributed by atoms with Crippen molar-refractivity contribution >= 4 is 11.9 Å². The first-order valence-corrected chi connectivity index (χ1v) is 6.27. The second-order valence-electron chi connectivity index (χ2n) is 4.82. The highest BCUT2D eigenvalue weighted by Crippen LogP contribution is 2.23. The predicted octanol–water partition coefficient (Wildman–Crippen LogP) is 0.883. The second-order valence-corrected chi connectivity index (χ2v) is 4.82. The van der Waals surface area contributed by atoms with Crippen LogP contribution in [0.4, 0.5) is 4.39 Å². The number of aliphatic hydroxyl groups is 1. The van der Waals surface area contributed by atoms with Crippen molar-refractivity contribution in [3.05, 3.63) is 35.1 Å². The zero-order chi connectivity index (χ0) is 14.9. The van der Waals surface area contributed by atoms with Gasteiger partial charge in [-0.2, -0.15) is 0 Å². The van der Waals surface area contributed by atoms with Crippen LogP contribution in [0, 0.1) is 12.7 Å². The molecule has 0 aliphatic carbocycles. The molecule has 20 heavy (non-hydrogen) atoms. The Labute approximate surface area is 116 Å². The van der Waals surface area contributed by atoms with Crippen LogP contribution in [0.15, 0.2) is 18.2 Å². The van der Waals surface area contributed by atoms with Crippen molar-refractivity contribution in [2.75, 3.05) is 13.7 Å². The van der Waals surface area contributed by atoms with Gasteiger partial charge in [0.1, 0.15) is 11.9 Å². The number of halogens is 1. The summed E-state index contributed by atoms with van der Waals surface area (Å²) >= 11 is 0. The normalized spacial score (nSPS) is 21.9. The average molecular weight is 281 g/mol. The summed E-state index contributed by atoms with van der Waals surface area (Å²) in [6.45, 7) is 1.55. The molecule has 0 saturated carbocycles. The third-order valence-corrected chi connectivity index (χ3v) is 3.44. The van der Waals surface area contributed by atoms with Gasteiger partial charge in [-0.1, -0.05) is 12.1 Å². The standard InChI is InChI=1S/C14H16FNO4/c1-8-4-3-5-10(12(8)15)13(18)16-7-9(17)6-11(16)14(19)20-2/h3-5,9,11,17H,6-7H2,1-2H3. The Morgan fingerprint density at radius 1 is 1.45 bits per heavy atom. The fourth-order valence-electron chi connectivity index (χ4n) is 2.37. The molecule has 2 atom stereocenters. The maximum atomic E-state index is 14.0.